The lowest BCUT2D eigenvalue weighted by Gasteiger charge is -2.29. The van der Waals surface area contributed by atoms with Crippen LogP contribution in [-0.4, -0.2) is 23.2 Å². The molecular weight excluding hydrogens is 293 g/mol. The highest BCUT2D eigenvalue weighted by Crippen LogP contribution is 2.36. The van der Waals surface area contributed by atoms with E-state index in [4.69, 9.17) is 16.3 Å². The van der Waals surface area contributed by atoms with Crippen molar-refractivity contribution < 1.29 is 17.9 Å². The van der Waals surface area contributed by atoms with Crippen molar-refractivity contribution in [2.45, 2.75) is 50.0 Å². The number of pyridine rings is 1. The van der Waals surface area contributed by atoms with Crippen LogP contribution in [0.3, 0.4) is 0 Å². The average molecular weight is 307 g/mol. The molecule has 1 N–H and O–H groups in total. The third-order valence-corrected chi connectivity index (χ3v) is 4.15. The highest BCUT2D eigenvalue weighted by Gasteiger charge is 2.36. The molecule has 0 spiro atoms. The van der Waals surface area contributed by atoms with E-state index in [-0.39, 0.29) is 12.0 Å². The Bertz CT molecular complexity index is 497. The summed E-state index contributed by atoms with van der Waals surface area (Å²) in [5.41, 5.74) is -0.902. The number of alkyl halides is 3. The van der Waals surface area contributed by atoms with Crippen LogP contribution in [0.4, 0.5) is 13.2 Å². The van der Waals surface area contributed by atoms with Gasteiger partial charge in [-0.2, -0.15) is 13.2 Å². The van der Waals surface area contributed by atoms with Crippen molar-refractivity contribution in [1.82, 2.24) is 10.3 Å². The molecule has 1 aromatic rings. The number of halogens is 4. The second-order valence-corrected chi connectivity index (χ2v) is 5.76. The van der Waals surface area contributed by atoms with Gasteiger partial charge in [0.1, 0.15) is 6.10 Å². The van der Waals surface area contributed by atoms with Crippen LogP contribution in [0.2, 0.25) is 5.02 Å². The van der Waals surface area contributed by atoms with Gasteiger partial charge in [0.15, 0.2) is 0 Å². The van der Waals surface area contributed by atoms with Gasteiger partial charge in [0, 0.05) is 18.2 Å². The summed E-state index contributed by atoms with van der Waals surface area (Å²) >= 11 is 5.53. The standard InChI is InChI=1S/C13H14ClF3N2O/c14-11-6-18-12(5-10(11)13(15,16)17)20-9-3-7-1-2-8(4-9)19-7/h5-9,19H,1-4H2/t7-,8+,9?. The molecule has 20 heavy (non-hydrogen) atoms. The molecule has 3 heterocycles. The molecule has 3 atom stereocenters. The molecule has 2 aliphatic heterocycles. The molecule has 3 nitrogen and oxygen atoms in total. The number of ether oxygens (including phenoxy) is 1. The molecule has 0 saturated carbocycles. The lowest BCUT2D eigenvalue weighted by molar-refractivity contribution is -0.137. The molecule has 110 valence electrons. The second kappa shape index (κ2) is 5.07. The fourth-order valence-corrected chi connectivity index (χ4v) is 3.18. The number of hydrogen-bond acceptors (Lipinski definition) is 3. The quantitative estimate of drug-likeness (QED) is 0.909. The van der Waals surface area contributed by atoms with Crippen molar-refractivity contribution >= 4 is 11.6 Å². The van der Waals surface area contributed by atoms with E-state index < -0.39 is 16.8 Å². The fraction of sp³-hybridized carbons (Fsp3) is 0.615. The van der Waals surface area contributed by atoms with Gasteiger partial charge < -0.3 is 10.1 Å². The van der Waals surface area contributed by atoms with E-state index in [1.54, 1.807) is 0 Å². The van der Waals surface area contributed by atoms with E-state index in [0.717, 1.165) is 37.9 Å². The van der Waals surface area contributed by atoms with Gasteiger partial charge in [0.05, 0.1) is 16.8 Å². The molecule has 2 aliphatic rings. The highest BCUT2D eigenvalue weighted by atomic mass is 35.5. The summed E-state index contributed by atoms with van der Waals surface area (Å²) in [5, 5.41) is 3.04. The number of nitrogens with zero attached hydrogens (tertiary/aromatic N) is 1. The van der Waals surface area contributed by atoms with Crippen LogP contribution in [0, 0.1) is 0 Å². The molecule has 2 saturated heterocycles. The summed E-state index contributed by atoms with van der Waals surface area (Å²) in [6, 6.07) is 1.70. The minimum absolute atomic E-state index is 0.00646. The molecular formula is C13H14ClF3N2O. The van der Waals surface area contributed by atoms with Crippen LogP contribution in [0.1, 0.15) is 31.2 Å². The molecule has 0 aliphatic carbocycles. The maximum Gasteiger partial charge on any atom is 0.418 e. The summed E-state index contributed by atoms with van der Waals surface area (Å²) in [4.78, 5) is 3.84. The SMILES string of the molecule is FC(F)(F)c1cc(OC2C[C@H]3CC[C@@H](C2)N3)ncc1Cl. The summed E-state index contributed by atoms with van der Waals surface area (Å²) in [6.45, 7) is 0. The van der Waals surface area contributed by atoms with Gasteiger partial charge in [-0.1, -0.05) is 11.6 Å². The number of nitrogens with one attached hydrogen (secondary N) is 1. The predicted molar refractivity (Wildman–Crippen MR) is 67.8 cm³/mol. The van der Waals surface area contributed by atoms with E-state index in [1.807, 2.05) is 0 Å². The summed E-state index contributed by atoms with van der Waals surface area (Å²) in [6.07, 6.45) is 0.243. The van der Waals surface area contributed by atoms with E-state index >= 15 is 0 Å². The molecule has 3 rings (SSSR count). The van der Waals surface area contributed by atoms with Crippen molar-refractivity contribution in [3.05, 3.63) is 22.8 Å². The number of hydrogen-bond donors (Lipinski definition) is 1. The second-order valence-electron chi connectivity index (χ2n) is 5.35. The molecule has 0 amide bonds. The van der Waals surface area contributed by atoms with Crippen LogP contribution in [-0.2, 0) is 6.18 Å². The normalized spacial score (nSPS) is 29.5. The van der Waals surface area contributed by atoms with E-state index in [1.165, 1.54) is 0 Å². The first-order valence-electron chi connectivity index (χ1n) is 6.57. The van der Waals surface area contributed by atoms with Gasteiger partial charge in [0.25, 0.3) is 0 Å². The minimum Gasteiger partial charge on any atom is -0.474 e. The van der Waals surface area contributed by atoms with Crippen LogP contribution in [0.15, 0.2) is 12.3 Å². The molecule has 0 aromatic carbocycles. The van der Waals surface area contributed by atoms with Crippen LogP contribution >= 0.6 is 11.6 Å². The van der Waals surface area contributed by atoms with Gasteiger partial charge in [-0.05, 0) is 25.7 Å². The number of aromatic nitrogens is 1. The Morgan fingerprint density at radius 2 is 1.90 bits per heavy atom. The van der Waals surface area contributed by atoms with Crippen LogP contribution < -0.4 is 10.1 Å². The third-order valence-electron chi connectivity index (χ3n) is 3.85. The fourth-order valence-electron chi connectivity index (χ4n) is 2.97. The number of fused-ring (bicyclic) bond motifs is 2. The molecule has 2 bridgehead atoms. The molecule has 0 radical (unpaired) electrons. The van der Waals surface area contributed by atoms with Crippen molar-refractivity contribution in [3.8, 4) is 5.88 Å². The first-order valence-corrected chi connectivity index (χ1v) is 6.95. The lowest BCUT2D eigenvalue weighted by Crippen LogP contribution is -2.42. The monoisotopic (exact) mass is 306 g/mol. The van der Waals surface area contributed by atoms with Gasteiger partial charge in [-0.15, -0.1) is 0 Å². The number of piperidine rings is 1. The molecule has 7 heteroatoms. The van der Waals surface area contributed by atoms with Gasteiger partial charge in [-0.3, -0.25) is 0 Å². The van der Waals surface area contributed by atoms with Crippen LogP contribution in [0.25, 0.3) is 0 Å². The lowest BCUT2D eigenvalue weighted by atomic mass is 10.0. The molecule has 1 aromatic heterocycles. The number of rotatable bonds is 2. The summed E-state index contributed by atoms with van der Waals surface area (Å²) in [7, 11) is 0. The molecule has 2 fully saturated rings. The Hall–Kier alpha value is -1.01. The van der Waals surface area contributed by atoms with Crippen molar-refractivity contribution in [2.75, 3.05) is 0 Å². The Morgan fingerprint density at radius 1 is 1.25 bits per heavy atom. The Labute approximate surface area is 119 Å². The van der Waals surface area contributed by atoms with Gasteiger partial charge in [-0.25, -0.2) is 4.98 Å². The van der Waals surface area contributed by atoms with Gasteiger partial charge in [0.2, 0.25) is 5.88 Å². The smallest absolute Gasteiger partial charge is 0.418 e. The predicted octanol–water partition coefficient (Wildman–Crippen LogP) is 3.42. The zero-order chi connectivity index (χ0) is 14.3. The van der Waals surface area contributed by atoms with Crippen molar-refractivity contribution in [2.24, 2.45) is 0 Å². The van der Waals surface area contributed by atoms with E-state index in [9.17, 15) is 13.2 Å². The van der Waals surface area contributed by atoms with Crippen LogP contribution in [0.5, 0.6) is 5.88 Å². The van der Waals surface area contributed by atoms with E-state index in [0.29, 0.717) is 12.1 Å². The zero-order valence-corrected chi connectivity index (χ0v) is 11.3. The largest absolute Gasteiger partial charge is 0.474 e. The summed E-state index contributed by atoms with van der Waals surface area (Å²) < 4.78 is 43.9. The van der Waals surface area contributed by atoms with Crippen molar-refractivity contribution in [1.29, 1.82) is 0 Å². The Balaban J connectivity index is 1.75. The molecule has 1 unspecified atom stereocenters. The maximum absolute atomic E-state index is 12.8. The zero-order valence-electron chi connectivity index (χ0n) is 10.6. The third kappa shape index (κ3) is 2.86. The Morgan fingerprint density at radius 3 is 2.50 bits per heavy atom. The summed E-state index contributed by atoms with van der Waals surface area (Å²) in [5.74, 6) is -0.00646. The maximum atomic E-state index is 12.8. The van der Waals surface area contributed by atoms with Crippen molar-refractivity contribution in [3.63, 3.8) is 0 Å². The topological polar surface area (TPSA) is 34.1 Å². The Kier molecular flexibility index (Phi) is 3.54. The minimum atomic E-state index is -4.49. The van der Waals surface area contributed by atoms with E-state index in [2.05, 4.69) is 10.3 Å². The highest BCUT2D eigenvalue weighted by molar-refractivity contribution is 6.31. The first kappa shape index (κ1) is 13.9. The average Bonchev–Trinajstić information content (AvgIpc) is 2.70. The van der Waals surface area contributed by atoms with Gasteiger partial charge >= 0.3 is 6.18 Å². The first-order chi connectivity index (χ1) is 9.41.